The van der Waals surface area contributed by atoms with Crippen LogP contribution in [0.4, 0.5) is 10.1 Å². The lowest BCUT2D eigenvalue weighted by Gasteiger charge is -2.30. The van der Waals surface area contributed by atoms with Crippen molar-refractivity contribution >= 4 is 5.69 Å². The fourth-order valence-electron chi connectivity index (χ4n) is 2.62. The number of halogens is 1. The largest absolute Gasteiger partial charge is 0.488 e. The van der Waals surface area contributed by atoms with Crippen molar-refractivity contribution in [1.82, 2.24) is 0 Å². The van der Waals surface area contributed by atoms with Gasteiger partial charge in [-0.2, -0.15) is 0 Å². The molecule has 2 unspecified atom stereocenters. The van der Waals surface area contributed by atoms with Crippen molar-refractivity contribution in [2.24, 2.45) is 5.92 Å². The van der Waals surface area contributed by atoms with Crippen LogP contribution in [0.15, 0.2) is 12.1 Å². The van der Waals surface area contributed by atoms with E-state index in [2.05, 4.69) is 6.92 Å². The maximum absolute atomic E-state index is 13.8. The van der Waals surface area contributed by atoms with E-state index in [-0.39, 0.29) is 18.0 Å². The molecule has 1 aliphatic rings. The third-order valence-corrected chi connectivity index (χ3v) is 3.74. The van der Waals surface area contributed by atoms with E-state index in [1.807, 2.05) is 13.8 Å². The standard InChI is InChI=1S/C16H24FNO2/c1-10(2)19-15-9-16(13(18)8-12(15)17)20-14-7-5-4-6-11(14)3/h8-11,14H,4-7,18H2,1-3H3. The average molecular weight is 281 g/mol. The van der Waals surface area contributed by atoms with Gasteiger partial charge in [0.1, 0.15) is 11.9 Å². The molecule has 0 radical (unpaired) electrons. The molecule has 112 valence electrons. The Kier molecular flexibility index (Phi) is 4.73. The van der Waals surface area contributed by atoms with Crippen molar-refractivity contribution in [3.8, 4) is 11.5 Å². The van der Waals surface area contributed by atoms with Crippen LogP contribution in [0.5, 0.6) is 11.5 Å². The van der Waals surface area contributed by atoms with Crippen LogP contribution in [0, 0.1) is 11.7 Å². The first-order chi connectivity index (χ1) is 9.47. The van der Waals surface area contributed by atoms with Crippen LogP contribution in [0.25, 0.3) is 0 Å². The van der Waals surface area contributed by atoms with E-state index in [1.165, 1.54) is 25.3 Å². The zero-order chi connectivity index (χ0) is 14.7. The van der Waals surface area contributed by atoms with Crippen LogP contribution in [0.3, 0.4) is 0 Å². The summed E-state index contributed by atoms with van der Waals surface area (Å²) in [4.78, 5) is 0. The highest BCUT2D eigenvalue weighted by Crippen LogP contribution is 2.34. The molecule has 0 amide bonds. The monoisotopic (exact) mass is 281 g/mol. The number of rotatable bonds is 4. The van der Waals surface area contributed by atoms with E-state index in [4.69, 9.17) is 15.2 Å². The summed E-state index contributed by atoms with van der Waals surface area (Å²) in [6.45, 7) is 5.91. The molecule has 0 saturated heterocycles. The van der Waals surface area contributed by atoms with Crippen LogP contribution < -0.4 is 15.2 Å². The number of nitrogens with two attached hydrogens (primary N) is 1. The first kappa shape index (κ1) is 14.9. The molecule has 0 spiro atoms. The average Bonchev–Trinajstić information content (AvgIpc) is 2.37. The van der Waals surface area contributed by atoms with Crippen LogP contribution in [-0.2, 0) is 0 Å². The molecule has 0 heterocycles. The second-order valence-electron chi connectivity index (χ2n) is 5.91. The van der Waals surface area contributed by atoms with Crippen LogP contribution >= 0.6 is 0 Å². The van der Waals surface area contributed by atoms with E-state index >= 15 is 0 Å². The predicted octanol–water partition coefficient (Wildman–Crippen LogP) is 4.15. The quantitative estimate of drug-likeness (QED) is 0.843. The van der Waals surface area contributed by atoms with Crippen molar-refractivity contribution in [3.05, 3.63) is 17.9 Å². The molecule has 0 bridgehead atoms. The molecule has 2 N–H and O–H groups in total. The molecule has 0 aromatic heterocycles. The Morgan fingerprint density at radius 1 is 1.20 bits per heavy atom. The van der Waals surface area contributed by atoms with Crippen LogP contribution in [-0.4, -0.2) is 12.2 Å². The zero-order valence-corrected chi connectivity index (χ0v) is 12.5. The fourth-order valence-corrected chi connectivity index (χ4v) is 2.62. The molecule has 20 heavy (non-hydrogen) atoms. The van der Waals surface area contributed by atoms with Gasteiger partial charge in [-0.1, -0.05) is 13.3 Å². The van der Waals surface area contributed by atoms with Gasteiger partial charge in [-0.3, -0.25) is 0 Å². The predicted molar refractivity (Wildman–Crippen MR) is 78.6 cm³/mol. The molecule has 1 aliphatic carbocycles. The van der Waals surface area contributed by atoms with Gasteiger partial charge in [-0.25, -0.2) is 4.39 Å². The normalized spacial score (nSPS) is 22.9. The molecule has 1 aromatic carbocycles. The number of benzene rings is 1. The van der Waals surface area contributed by atoms with Gasteiger partial charge in [-0.15, -0.1) is 0 Å². The van der Waals surface area contributed by atoms with Gasteiger partial charge in [0.2, 0.25) is 0 Å². The third kappa shape index (κ3) is 3.56. The van der Waals surface area contributed by atoms with Gasteiger partial charge in [0.25, 0.3) is 0 Å². The summed E-state index contributed by atoms with van der Waals surface area (Å²) >= 11 is 0. The van der Waals surface area contributed by atoms with E-state index in [0.717, 1.165) is 6.42 Å². The lowest BCUT2D eigenvalue weighted by atomic mass is 9.88. The Labute approximate surface area is 120 Å². The van der Waals surface area contributed by atoms with Crippen molar-refractivity contribution < 1.29 is 13.9 Å². The highest BCUT2D eigenvalue weighted by atomic mass is 19.1. The van der Waals surface area contributed by atoms with Crippen molar-refractivity contribution in [3.63, 3.8) is 0 Å². The Morgan fingerprint density at radius 2 is 1.90 bits per heavy atom. The molecule has 1 aromatic rings. The Hall–Kier alpha value is -1.45. The summed E-state index contributed by atoms with van der Waals surface area (Å²) < 4.78 is 25.2. The first-order valence-corrected chi connectivity index (χ1v) is 7.39. The highest BCUT2D eigenvalue weighted by Gasteiger charge is 2.24. The molecular weight excluding hydrogens is 257 g/mol. The van der Waals surface area contributed by atoms with Gasteiger partial charge in [0.15, 0.2) is 11.6 Å². The molecule has 3 nitrogen and oxygen atoms in total. The van der Waals surface area contributed by atoms with Gasteiger partial charge < -0.3 is 15.2 Å². The maximum atomic E-state index is 13.8. The Morgan fingerprint density at radius 3 is 2.55 bits per heavy atom. The smallest absolute Gasteiger partial charge is 0.167 e. The fraction of sp³-hybridized carbons (Fsp3) is 0.625. The molecule has 2 rings (SSSR count). The number of anilines is 1. The first-order valence-electron chi connectivity index (χ1n) is 7.39. The minimum atomic E-state index is -0.444. The maximum Gasteiger partial charge on any atom is 0.167 e. The molecule has 0 aliphatic heterocycles. The van der Waals surface area contributed by atoms with E-state index < -0.39 is 5.82 Å². The topological polar surface area (TPSA) is 44.5 Å². The summed E-state index contributed by atoms with van der Waals surface area (Å²) in [5.41, 5.74) is 6.19. The minimum absolute atomic E-state index is 0.0884. The summed E-state index contributed by atoms with van der Waals surface area (Å²) in [5, 5.41) is 0. The molecule has 2 atom stereocenters. The van der Waals surface area contributed by atoms with E-state index in [0.29, 0.717) is 17.4 Å². The van der Waals surface area contributed by atoms with E-state index in [9.17, 15) is 4.39 Å². The molecule has 1 saturated carbocycles. The van der Waals surface area contributed by atoms with Gasteiger partial charge in [0.05, 0.1) is 11.8 Å². The van der Waals surface area contributed by atoms with Crippen molar-refractivity contribution in [2.45, 2.75) is 58.7 Å². The molecular formula is C16H24FNO2. The zero-order valence-electron chi connectivity index (χ0n) is 12.5. The number of nitrogen functional groups attached to an aromatic ring is 1. The summed E-state index contributed by atoms with van der Waals surface area (Å²) in [6.07, 6.45) is 4.69. The number of hydrogen-bond donors (Lipinski definition) is 1. The van der Waals surface area contributed by atoms with Crippen LogP contribution in [0.1, 0.15) is 46.5 Å². The van der Waals surface area contributed by atoms with Crippen molar-refractivity contribution in [1.29, 1.82) is 0 Å². The summed E-state index contributed by atoms with van der Waals surface area (Å²) in [7, 11) is 0. The number of hydrogen-bond acceptors (Lipinski definition) is 3. The Bertz CT molecular complexity index is 462. The van der Waals surface area contributed by atoms with Gasteiger partial charge in [-0.05, 0) is 39.0 Å². The lowest BCUT2D eigenvalue weighted by Crippen LogP contribution is -2.28. The third-order valence-electron chi connectivity index (χ3n) is 3.74. The second-order valence-corrected chi connectivity index (χ2v) is 5.91. The minimum Gasteiger partial charge on any atom is -0.488 e. The molecule has 4 heteroatoms. The SMILES string of the molecule is CC(C)Oc1cc(OC2CCCCC2C)c(N)cc1F. The van der Waals surface area contributed by atoms with E-state index in [1.54, 1.807) is 6.07 Å². The lowest BCUT2D eigenvalue weighted by molar-refractivity contribution is 0.102. The van der Waals surface area contributed by atoms with Crippen molar-refractivity contribution in [2.75, 3.05) is 5.73 Å². The second kappa shape index (κ2) is 6.33. The van der Waals surface area contributed by atoms with Gasteiger partial charge >= 0.3 is 0 Å². The molecule has 1 fully saturated rings. The Balaban J connectivity index is 2.17. The number of ether oxygens (including phenoxy) is 2. The summed E-state index contributed by atoms with van der Waals surface area (Å²) in [5.74, 6) is 0.788. The van der Waals surface area contributed by atoms with Gasteiger partial charge in [0, 0.05) is 12.1 Å². The van der Waals surface area contributed by atoms with Crippen LogP contribution in [0.2, 0.25) is 0 Å². The highest BCUT2D eigenvalue weighted by molar-refractivity contribution is 5.56. The summed E-state index contributed by atoms with van der Waals surface area (Å²) in [6, 6.07) is 2.85.